The minimum Gasteiger partial charge on any atom is -0.491 e. The summed E-state index contributed by atoms with van der Waals surface area (Å²) in [5.41, 5.74) is 0.914. The quantitative estimate of drug-likeness (QED) is 0.834. The first-order chi connectivity index (χ1) is 9.09. The molecule has 6 nitrogen and oxygen atoms in total. The molecule has 0 unspecified atom stereocenters. The van der Waals surface area contributed by atoms with Crippen molar-refractivity contribution in [2.45, 2.75) is 6.92 Å². The number of benzene rings is 1. The van der Waals surface area contributed by atoms with Gasteiger partial charge in [-0.2, -0.15) is 0 Å². The molecule has 0 aliphatic carbocycles. The minimum absolute atomic E-state index is 0.105. The Morgan fingerprint density at radius 3 is 2.95 bits per heavy atom. The lowest BCUT2D eigenvalue weighted by Gasteiger charge is -2.16. The molecule has 0 bridgehead atoms. The first-order valence-corrected chi connectivity index (χ1v) is 6.08. The van der Waals surface area contributed by atoms with Crippen LogP contribution in [-0.4, -0.2) is 48.2 Å². The summed E-state index contributed by atoms with van der Waals surface area (Å²) in [6.45, 7) is 3.81. The van der Waals surface area contributed by atoms with Gasteiger partial charge >= 0.3 is 12.0 Å². The van der Waals surface area contributed by atoms with E-state index in [2.05, 4.69) is 5.32 Å². The smallest absolute Gasteiger partial charge is 0.339 e. The molecule has 1 aliphatic rings. The third-order valence-electron chi connectivity index (χ3n) is 3.00. The maximum absolute atomic E-state index is 11.3. The standard InChI is InChI=1S/C13H16N2O4/c1-9-3-2-4-10(12(16)17)11(9)19-8-7-15-6-5-14-13(15)18/h2-4H,5-8H2,1H3,(H,14,18)(H,16,17). The zero-order valence-corrected chi connectivity index (χ0v) is 10.7. The van der Waals surface area contributed by atoms with Gasteiger partial charge in [0.2, 0.25) is 0 Å². The number of aromatic carboxylic acids is 1. The van der Waals surface area contributed by atoms with Gasteiger partial charge in [0.25, 0.3) is 0 Å². The van der Waals surface area contributed by atoms with Crippen LogP contribution >= 0.6 is 0 Å². The summed E-state index contributed by atoms with van der Waals surface area (Å²) in [7, 11) is 0. The number of carbonyl (C=O) groups is 2. The van der Waals surface area contributed by atoms with E-state index in [0.29, 0.717) is 25.4 Å². The number of carbonyl (C=O) groups excluding carboxylic acids is 1. The Morgan fingerprint density at radius 1 is 1.53 bits per heavy atom. The molecule has 1 aliphatic heterocycles. The molecule has 6 heteroatoms. The number of amides is 2. The molecule has 19 heavy (non-hydrogen) atoms. The van der Waals surface area contributed by atoms with Gasteiger partial charge in [0.15, 0.2) is 0 Å². The third kappa shape index (κ3) is 2.96. The van der Waals surface area contributed by atoms with Crippen molar-refractivity contribution < 1.29 is 19.4 Å². The summed E-state index contributed by atoms with van der Waals surface area (Å²) < 4.78 is 5.54. The number of nitrogens with one attached hydrogen (secondary N) is 1. The molecule has 2 N–H and O–H groups in total. The summed E-state index contributed by atoms with van der Waals surface area (Å²) in [6, 6.07) is 4.88. The van der Waals surface area contributed by atoms with Gasteiger partial charge in [-0.3, -0.25) is 0 Å². The fourth-order valence-corrected chi connectivity index (χ4v) is 1.99. The van der Waals surface area contributed by atoms with Crippen molar-refractivity contribution >= 4 is 12.0 Å². The van der Waals surface area contributed by atoms with Crippen molar-refractivity contribution in [1.82, 2.24) is 10.2 Å². The molecule has 1 saturated heterocycles. The van der Waals surface area contributed by atoms with Gasteiger partial charge in [0.1, 0.15) is 17.9 Å². The Balaban J connectivity index is 1.99. The molecule has 1 aromatic carbocycles. The minimum atomic E-state index is -1.02. The molecule has 1 aromatic rings. The van der Waals surface area contributed by atoms with Gasteiger partial charge in [-0.1, -0.05) is 12.1 Å². The molecular formula is C13H16N2O4. The van der Waals surface area contributed by atoms with Crippen LogP contribution < -0.4 is 10.1 Å². The van der Waals surface area contributed by atoms with Crippen LogP contribution in [0.4, 0.5) is 4.79 Å². The third-order valence-corrected chi connectivity index (χ3v) is 3.00. The van der Waals surface area contributed by atoms with E-state index < -0.39 is 5.97 Å². The first-order valence-electron chi connectivity index (χ1n) is 6.08. The molecule has 0 spiro atoms. The lowest BCUT2D eigenvalue weighted by molar-refractivity contribution is 0.0691. The number of rotatable bonds is 5. The zero-order valence-electron chi connectivity index (χ0n) is 10.7. The predicted octanol–water partition coefficient (Wildman–Crippen LogP) is 1.10. The average molecular weight is 264 g/mol. The number of carboxylic acids is 1. The Kier molecular flexibility index (Phi) is 3.89. The van der Waals surface area contributed by atoms with E-state index in [-0.39, 0.29) is 18.2 Å². The molecule has 1 fully saturated rings. The highest BCUT2D eigenvalue weighted by Gasteiger charge is 2.19. The summed E-state index contributed by atoms with van der Waals surface area (Å²) in [6.07, 6.45) is 0. The number of urea groups is 1. The predicted molar refractivity (Wildman–Crippen MR) is 68.6 cm³/mol. The van der Waals surface area contributed by atoms with Crippen LogP contribution in [0.15, 0.2) is 18.2 Å². The number of aryl methyl sites for hydroxylation is 1. The molecule has 2 rings (SSSR count). The van der Waals surface area contributed by atoms with Gasteiger partial charge in [-0.15, -0.1) is 0 Å². The highest BCUT2D eigenvalue weighted by atomic mass is 16.5. The van der Waals surface area contributed by atoms with Crippen LogP contribution in [-0.2, 0) is 0 Å². The van der Waals surface area contributed by atoms with E-state index in [1.54, 1.807) is 24.0 Å². The van der Waals surface area contributed by atoms with E-state index in [1.165, 1.54) is 6.07 Å². The second-order valence-corrected chi connectivity index (χ2v) is 4.32. The van der Waals surface area contributed by atoms with Gasteiger partial charge in [-0.25, -0.2) is 9.59 Å². The largest absolute Gasteiger partial charge is 0.491 e. The van der Waals surface area contributed by atoms with Crippen molar-refractivity contribution in [3.63, 3.8) is 0 Å². The molecule has 1 heterocycles. The molecule has 2 amide bonds. The zero-order chi connectivity index (χ0) is 13.8. The molecule has 0 atom stereocenters. The van der Waals surface area contributed by atoms with Crippen LogP contribution in [0.3, 0.4) is 0 Å². The highest BCUT2D eigenvalue weighted by Crippen LogP contribution is 2.23. The number of ether oxygens (including phenoxy) is 1. The van der Waals surface area contributed by atoms with Crippen LogP contribution in [0.1, 0.15) is 15.9 Å². The van der Waals surface area contributed by atoms with Crippen molar-refractivity contribution in [2.75, 3.05) is 26.2 Å². The summed E-state index contributed by atoms with van der Waals surface area (Å²) in [4.78, 5) is 24.1. The fraction of sp³-hybridized carbons (Fsp3) is 0.385. The number of hydrogen-bond acceptors (Lipinski definition) is 3. The van der Waals surface area contributed by atoms with Gasteiger partial charge in [0, 0.05) is 13.1 Å². The molecule has 0 saturated carbocycles. The van der Waals surface area contributed by atoms with Gasteiger partial charge in [0.05, 0.1) is 6.54 Å². The second kappa shape index (κ2) is 5.60. The maximum Gasteiger partial charge on any atom is 0.339 e. The highest BCUT2D eigenvalue weighted by molar-refractivity contribution is 5.91. The van der Waals surface area contributed by atoms with Crippen LogP contribution in [0.5, 0.6) is 5.75 Å². The Bertz CT molecular complexity index is 501. The molecule has 0 radical (unpaired) electrons. The van der Waals surface area contributed by atoms with Crippen molar-refractivity contribution in [3.05, 3.63) is 29.3 Å². The Labute approximate surface area is 111 Å². The average Bonchev–Trinajstić information content (AvgIpc) is 2.77. The molecule has 102 valence electrons. The summed E-state index contributed by atoms with van der Waals surface area (Å²) >= 11 is 0. The van der Waals surface area contributed by atoms with E-state index in [1.807, 2.05) is 0 Å². The summed E-state index contributed by atoms with van der Waals surface area (Å²) in [5, 5.41) is 11.8. The second-order valence-electron chi connectivity index (χ2n) is 4.32. The Hall–Kier alpha value is -2.24. The monoisotopic (exact) mass is 264 g/mol. The SMILES string of the molecule is Cc1cccc(C(=O)O)c1OCCN1CCNC1=O. The number of carboxylic acid groups (broad SMARTS) is 1. The first kappa shape index (κ1) is 13.2. The fourth-order valence-electron chi connectivity index (χ4n) is 1.99. The summed E-state index contributed by atoms with van der Waals surface area (Å²) in [5.74, 6) is -0.646. The normalized spacial score (nSPS) is 14.4. The van der Waals surface area contributed by atoms with E-state index in [9.17, 15) is 9.59 Å². The van der Waals surface area contributed by atoms with E-state index >= 15 is 0 Å². The van der Waals surface area contributed by atoms with Crippen LogP contribution in [0, 0.1) is 6.92 Å². The number of para-hydroxylation sites is 1. The van der Waals surface area contributed by atoms with Crippen molar-refractivity contribution in [3.8, 4) is 5.75 Å². The van der Waals surface area contributed by atoms with Crippen molar-refractivity contribution in [2.24, 2.45) is 0 Å². The van der Waals surface area contributed by atoms with Crippen molar-refractivity contribution in [1.29, 1.82) is 0 Å². The van der Waals surface area contributed by atoms with Crippen LogP contribution in [0.25, 0.3) is 0 Å². The number of hydrogen-bond donors (Lipinski definition) is 2. The van der Waals surface area contributed by atoms with Gasteiger partial charge in [-0.05, 0) is 18.6 Å². The lowest BCUT2D eigenvalue weighted by atomic mass is 10.1. The lowest BCUT2D eigenvalue weighted by Crippen LogP contribution is -2.32. The molecule has 0 aromatic heterocycles. The van der Waals surface area contributed by atoms with E-state index in [4.69, 9.17) is 9.84 Å². The maximum atomic E-state index is 11.3. The molecular weight excluding hydrogens is 248 g/mol. The Morgan fingerprint density at radius 2 is 2.32 bits per heavy atom. The topological polar surface area (TPSA) is 78.9 Å². The number of nitrogens with zero attached hydrogens (tertiary/aromatic N) is 1. The van der Waals surface area contributed by atoms with E-state index in [0.717, 1.165) is 5.56 Å². The van der Waals surface area contributed by atoms with Crippen LogP contribution in [0.2, 0.25) is 0 Å². The van der Waals surface area contributed by atoms with Gasteiger partial charge < -0.3 is 20.1 Å².